The molecular formula is C32H48N2O4. The summed E-state index contributed by atoms with van der Waals surface area (Å²) in [5, 5.41) is 27.8. The van der Waals surface area contributed by atoms with Crippen molar-refractivity contribution in [3.8, 4) is 0 Å². The number of fused-ring (bicyclic) bond motifs is 5. The summed E-state index contributed by atoms with van der Waals surface area (Å²) in [4.78, 5) is 24.0. The van der Waals surface area contributed by atoms with E-state index in [-0.39, 0.29) is 34.9 Å². The van der Waals surface area contributed by atoms with Gasteiger partial charge >= 0.3 is 0 Å². The van der Waals surface area contributed by atoms with Gasteiger partial charge in [0.25, 0.3) is 0 Å². The molecule has 0 heterocycles. The number of hydrogen-bond acceptors (Lipinski definition) is 4. The zero-order valence-electron chi connectivity index (χ0n) is 23.7. The van der Waals surface area contributed by atoms with Crippen LogP contribution in [0.2, 0.25) is 0 Å². The number of aliphatic hydroxyl groups is 2. The number of anilines is 2. The van der Waals surface area contributed by atoms with Gasteiger partial charge in [-0.25, -0.2) is 0 Å². The number of rotatable bonds is 6. The molecule has 6 nitrogen and oxygen atoms in total. The highest BCUT2D eigenvalue weighted by atomic mass is 16.3. The van der Waals surface area contributed by atoms with E-state index in [2.05, 4.69) is 31.4 Å². The highest BCUT2D eigenvalue weighted by Crippen LogP contribution is 2.68. The first-order valence-corrected chi connectivity index (χ1v) is 15.1. The van der Waals surface area contributed by atoms with Crippen LogP contribution in [0.4, 0.5) is 11.4 Å². The molecule has 0 aliphatic heterocycles. The van der Waals surface area contributed by atoms with E-state index in [1.807, 2.05) is 12.1 Å². The molecule has 0 unspecified atom stereocenters. The SMILES string of the molecule is CC(=O)Nc1ccc(NC(=O)CC[C@@H](C)[C@@H]2CC[C@@H]3[C@@H]4CC[C@H]5C[C@H](O)CC[C@]5(C)[C@@H]4C[C@H](O)[C@@]32C)cc1. The molecule has 6 heteroatoms. The Bertz CT molecular complexity index is 1030. The number of carbonyl (C=O) groups excluding carboxylic acids is 2. The van der Waals surface area contributed by atoms with Crippen LogP contribution in [0.5, 0.6) is 0 Å². The molecule has 5 rings (SSSR count). The third-order valence-electron chi connectivity index (χ3n) is 11.8. The van der Waals surface area contributed by atoms with E-state index >= 15 is 0 Å². The first-order valence-electron chi connectivity index (χ1n) is 15.1. The van der Waals surface area contributed by atoms with Crippen LogP contribution in [0.1, 0.15) is 91.9 Å². The minimum Gasteiger partial charge on any atom is -0.393 e. The van der Waals surface area contributed by atoms with Gasteiger partial charge in [0, 0.05) is 24.7 Å². The Morgan fingerprint density at radius 2 is 1.63 bits per heavy atom. The molecule has 2 amide bonds. The number of amides is 2. The molecular weight excluding hydrogens is 476 g/mol. The molecule has 0 bridgehead atoms. The van der Waals surface area contributed by atoms with E-state index in [0.29, 0.717) is 47.6 Å². The molecule has 0 radical (unpaired) electrons. The Balaban J connectivity index is 1.20. The maximum Gasteiger partial charge on any atom is 0.224 e. The largest absolute Gasteiger partial charge is 0.393 e. The van der Waals surface area contributed by atoms with E-state index in [1.54, 1.807) is 12.1 Å². The van der Waals surface area contributed by atoms with Crippen molar-refractivity contribution in [2.75, 3.05) is 10.6 Å². The summed E-state index contributed by atoms with van der Waals surface area (Å²) in [7, 11) is 0. The first kappa shape index (κ1) is 27.6. The van der Waals surface area contributed by atoms with Gasteiger partial charge in [-0.15, -0.1) is 0 Å². The normalized spacial score (nSPS) is 40.8. The Labute approximate surface area is 228 Å². The summed E-state index contributed by atoms with van der Waals surface area (Å²) >= 11 is 0. The molecule has 0 saturated heterocycles. The van der Waals surface area contributed by atoms with Crippen LogP contribution in [0.25, 0.3) is 0 Å². The molecule has 4 aliphatic carbocycles. The molecule has 210 valence electrons. The van der Waals surface area contributed by atoms with Gasteiger partial charge in [-0.1, -0.05) is 20.8 Å². The van der Waals surface area contributed by atoms with Crippen LogP contribution in [0.3, 0.4) is 0 Å². The van der Waals surface area contributed by atoms with Crippen molar-refractivity contribution in [1.29, 1.82) is 0 Å². The van der Waals surface area contributed by atoms with Gasteiger partial charge < -0.3 is 20.8 Å². The molecule has 0 spiro atoms. The monoisotopic (exact) mass is 524 g/mol. The molecule has 1 aromatic carbocycles. The number of aliphatic hydroxyl groups excluding tert-OH is 2. The smallest absolute Gasteiger partial charge is 0.224 e. The topological polar surface area (TPSA) is 98.7 Å². The predicted molar refractivity (Wildman–Crippen MR) is 150 cm³/mol. The number of benzene rings is 1. The lowest BCUT2D eigenvalue weighted by Gasteiger charge is -2.62. The lowest BCUT2D eigenvalue weighted by Crippen LogP contribution is -2.58. The van der Waals surface area contributed by atoms with E-state index in [4.69, 9.17) is 0 Å². The van der Waals surface area contributed by atoms with Crippen LogP contribution in [0, 0.1) is 46.3 Å². The van der Waals surface area contributed by atoms with Crippen molar-refractivity contribution in [2.45, 2.75) is 104 Å². The van der Waals surface area contributed by atoms with Gasteiger partial charge in [-0.2, -0.15) is 0 Å². The maximum atomic E-state index is 12.8. The highest BCUT2D eigenvalue weighted by molar-refractivity contribution is 5.92. The average molecular weight is 525 g/mol. The average Bonchev–Trinajstić information content (AvgIpc) is 3.23. The minimum absolute atomic E-state index is 0.0128. The third kappa shape index (κ3) is 4.92. The molecule has 1 aromatic rings. The van der Waals surface area contributed by atoms with Gasteiger partial charge in [-0.05, 0) is 128 Å². The maximum absolute atomic E-state index is 12.8. The molecule has 4 fully saturated rings. The summed E-state index contributed by atoms with van der Waals surface area (Å²) in [5.74, 6) is 3.11. The second kappa shape index (κ2) is 10.6. The van der Waals surface area contributed by atoms with Crippen molar-refractivity contribution < 1.29 is 19.8 Å². The fraction of sp³-hybridized carbons (Fsp3) is 0.750. The molecule has 10 atom stereocenters. The zero-order valence-corrected chi connectivity index (χ0v) is 23.7. The van der Waals surface area contributed by atoms with Crippen LogP contribution in [-0.2, 0) is 9.59 Å². The van der Waals surface area contributed by atoms with E-state index in [1.165, 1.54) is 26.2 Å². The van der Waals surface area contributed by atoms with E-state index in [0.717, 1.165) is 44.2 Å². The van der Waals surface area contributed by atoms with Crippen molar-refractivity contribution in [3.63, 3.8) is 0 Å². The number of hydrogen-bond donors (Lipinski definition) is 4. The lowest BCUT2D eigenvalue weighted by atomic mass is 9.43. The molecule has 4 aliphatic rings. The van der Waals surface area contributed by atoms with Crippen molar-refractivity contribution in [3.05, 3.63) is 24.3 Å². The molecule has 4 saturated carbocycles. The van der Waals surface area contributed by atoms with Gasteiger partial charge in [0.05, 0.1) is 12.2 Å². The second-order valence-electron chi connectivity index (χ2n) is 13.7. The van der Waals surface area contributed by atoms with Gasteiger partial charge in [-0.3, -0.25) is 9.59 Å². The Morgan fingerprint density at radius 3 is 2.32 bits per heavy atom. The fourth-order valence-corrected chi connectivity index (χ4v) is 9.78. The van der Waals surface area contributed by atoms with Gasteiger partial charge in [0.1, 0.15) is 0 Å². The standard InChI is InChI=1S/C32H48N2O4/c1-19(5-14-30(38)34-23-9-7-22(8-10-23)33-20(2)35)26-12-13-27-25-11-6-21-17-24(36)15-16-31(21,3)28(25)18-29(37)32(26,27)4/h7-10,19,21,24-29,36-37H,5-6,11-18H2,1-4H3,(H,33,35)(H,34,38)/t19-,21+,24-,25+,26+,27-,28-,29+,31+,32-/m1/s1. The third-order valence-corrected chi connectivity index (χ3v) is 11.8. The van der Waals surface area contributed by atoms with E-state index < -0.39 is 0 Å². The van der Waals surface area contributed by atoms with Crippen LogP contribution >= 0.6 is 0 Å². The lowest BCUT2D eigenvalue weighted by molar-refractivity contribution is -0.174. The fourth-order valence-electron chi connectivity index (χ4n) is 9.78. The number of carbonyl (C=O) groups is 2. The summed E-state index contributed by atoms with van der Waals surface area (Å²) in [6, 6.07) is 7.21. The van der Waals surface area contributed by atoms with Crippen LogP contribution in [-0.4, -0.2) is 34.2 Å². The van der Waals surface area contributed by atoms with Gasteiger partial charge in [0.15, 0.2) is 0 Å². The molecule has 38 heavy (non-hydrogen) atoms. The minimum atomic E-state index is -0.290. The summed E-state index contributed by atoms with van der Waals surface area (Å²) in [6.45, 7) is 8.59. The van der Waals surface area contributed by atoms with Crippen LogP contribution in [0.15, 0.2) is 24.3 Å². The summed E-state index contributed by atoms with van der Waals surface area (Å²) < 4.78 is 0. The number of nitrogens with one attached hydrogen (secondary N) is 2. The molecule has 4 N–H and O–H groups in total. The first-order chi connectivity index (χ1) is 18.0. The van der Waals surface area contributed by atoms with Crippen molar-refractivity contribution >= 4 is 23.2 Å². The Kier molecular flexibility index (Phi) is 7.69. The summed E-state index contributed by atoms with van der Waals surface area (Å²) in [6.07, 6.45) is 9.53. The van der Waals surface area contributed by atoms with Crippen molar-refractivity contribution in [2.24, 2.45) is 46.3 Å². The van der Waals surface area contributed by atoms with Crippen LogP contribution < -0.4 is 10.6 Å². The Morgan fingerprint density at radius 1 is 0.947 bits per heavy atom. The predicted octanol–water partition coefficient (Wildman–Crippen LogP) is 5.99. The van der Waals surface area contributed by atoms with Gasteiger partial charge in [0.2, 0.25) is 11.8 Å². The Hall–Kier alpha value is -1.92. The molecule has 0 aromatic heterocycles. The van der Waals surface area contributed by atoms with Crippen molar-refractivity contribution in [1.82, 2.24) is 0 Å². The van der Waals surface area contributed by atoms with E-state index in [9.17, 15) is 19.8 Å². The highest BCUT2D eigenvalue weighted by Gasteiger charge is 2.63. The zero-order chi connectivity index (χ0) is 27.2. The second-order valence-corrected chi connectivity index (χ2v) is 13.7. The quantitative estimate of drug-likeness (QED) is 0.367. The summed E-state index contributed by atoms with van der Waals surface area (Å²) in [5.41, 5.74) is 1.63.